The van der Waals surface area contributed by atoms with Gasteiger partial charge in [-0.25, -0.2) is 4.79 Å². The summed E-state index contributed by atoms with van der Waals surface area (Å²) >= 11 is 0. The van der Waals surface area contributed by atoms with E-state index in [1.807, 2.05) is 29.2 Å². The Morgan fingerprint density at radius 1 is 0.894 bits per heavy atom. The van der Waals surface area contributed by atoms with Crippen molar-refractivity contribution in [3.05, 3.63) is 71.3 Å². The largest absolute Gasteiger partial charge is 0.491 e. The summed E-state index contributed by atoms with van der Waals surface area (Å²) in [5, 5.41) is 11.0. The maximum atomic E-state index is 12.6. The molecule has 1 amide bonds. The fraction of sp³-hybridized carbons (Fsp3) is 0.421. The van der Waals surface area contributed by atoms with E-state index in [1.54, 1.807) is 6.07 Å². The highest BCUT2D eigenvalue weighted by molar-refractivity contribution is 5.99. The SMILES string of the molecule is O=C(O)c1ccc2c(C3CCCCC3)c3n(c2c1)CCOc1ccc(OCc2cc(N4CCCC4=O)ccc2N2CCOCC2)cc1-3. The normalized spacial score (nSPS) is 18.5. The van der Waals surface area contributed by atoms with Crippen LogP contribution in [0.3, 0.4) is 0 Å². The molecule has 0 spiro atoms. The first kappa shape index (κ1) is 29.9. The van der Waals surface area contributed by atoms with Gasteiger partial charge in [0.25, 0.3) is 0 Å². The Morgan fingerprint density at radius 3 is 2.53 bits per heavy atom. The number of ether oxygens (including phenoxy) is 3. The van der Waals surface area contributed by atoms with Crippen molar-refractivity contribution in [1.82, 2.24) is 4.57 Å². The fourth-order valence-electron chi connectivity index (χ4n) is 8.04. The molecule has 47 heavy (non-hydrogen) atoms. The Kier molecular flexibility index (Phi) is 8.01. The Labute approximate surface area is 274 Å². The number of hydrogen-bond acceptors (Lipinski definition) is 6. The molecule has 9 heteroatoms. The number of carbonyl (C=O) groups excluding carboxylic acids is 1. The van der Waals surface area contributed by atoms with Gasteiger partial charge in [-0.1, -0.05) is 25.3 Å². The van der Waals surface area contributed by atoms with E-state index in [0.717, 1.165) is 89.5 Å². The number of rotatable bonds is 7. The van der Waals surface area contributed by atoms with Gasteiger partial charge in [-0.15, -0.1) is 0 Å². The number of aromatic nitrogens is 1. The third-order valence-corrected chi connectivity index (χ3v) is 10.3. The molecule has 0 atom stereocenters. The molecule has 0 unspecified atom stereocenters. The van der Waals surface area contributed by atoms with Crippen molar-refractivity contribution in [2.24, 2.45) is 0 Å². The topological polar surface area (TPSA) is 93.5 Å². The molecule has 1 aromatic heterocycles. The highest BCUT2D eigenvalue weighted by Gasteiger charge is 2.30. The summed E-state index contributed by atoms with van der Waals surface area (Å²) in [6, 6.07) is 17.9. The van der Waals surface area contributed by atoms with Crippen LogP contribution in [-0.4, -0.2) is 61.0 Å². The predicted octanol–water partition coefficient (Wildman–Crippen LogP) is 6.99. The van der Waals surface area contributed by atoms with Gasteiger partial charge in [0.1, 0.15) is 24.7 Å². The number of amides is 1. The van der Waals surface area contributed by atoms with Crippen molar-refractivity contribution in [2.75, 3.05) is 49.3 Å². The van der Waals surface area contributed by atoms with E-state index < -0.39 is 5.97 Å². The van der Waals surface area contributed by atoms with E-state index in [0.29, 0.717) is 50.9 Å². The van der Waals surface area contributed by atoms with Gasteiger partial charge < -0.3 is 33.7 Å². The molecule has 3 fully saturated rings. The first-order chi connectivity index (χ1) is 23.0. The second-order valence-electron chi connectivity index (χ2n) is 13.1. The van der Waals surface area contributed by atoms with Gasteiger partial charge in [0, 0.05) is 59.5 Å². The Hall–Kier alpha value is -4.50. The Bertz CT molecular complexity index is 1830. The standard InChI is InChI=1S/C38H41N3O6/c42-35-7-4-14-40(35)28-9-12-32(39-15-18-45-19-16-39)27(21-28)24-47-29-10-13-34-31(23-29)37-36(25-5-2-1-3-6-25)30-11-8-26(38(43)44)22-33(30)41(37)17-20-46-34/h8-13,21-23,25H,1-7,14-20,24H2,(H,43,44). The van der Waals surface area contributed by atoms with Crippen LogP contribution in [0.1, 0.15) is 72.3 Å². The molecule has 1 N–H and O–H groups in total. The minimum absolute atomic E-state index is 0.168. The number of benzene rings is 3. The molecule has 0 bridgehead atoms. The smallest absolute Gasteiger partial charge is 0.335 e. The van der Waals surface area contributed by atoms with Crippen LogP contribution in [0.5, 0.6) is 11.5 Å². The van der Waals surface area contributed by atoms with E-state index in [9.17, 15) is 14.7 Å². The van der Waals surface area contributed by atoms with Crippen molar-refractivity contribution in [1.29, 1.82) is 0 Å². The Morgan fingerprint density at radius 2 is 1.74 bits per heavy atom. The number of aromatic carboxylic acids is 1. The van der Waals surface area contributed by atoms with Gasteiger partial charge in [0.15, 0.2) is 0 Å². The van der Waals surface area contributed by atoms with Gasteiger partial charge in [-0.2, -0.15) is 0 Å². The summed E-state index contributed by atoms with van der Waals surface area (Å²) < 4.78 is 20.8. The summed E-state index contributed by atoms with van der Waals surface area (Å²) in [6.45, 7) is 5.21. The fourth-order valence-corrected chi connectivity index (χ4v) is 8.04. The highest BCUT2D eigenvalue weighted by atomic mass is 16.5. The first-order valence-corrected chi connectivity index (χ1v) is 17.1. The molecule has 0 radical (unpaired) electrons. The van der Waals surface area contributed by atoms with Crippen molar-refractivity contribution < 1.29 is 28.9 Å². The first-order valence-electron chi connectivity index (χ1n) is 17.1. The highest BCUT2D eigenvalue weighted by Crippen LogP contribution is 2.48. The number of nitrogens with zero attached hydrogens (tertiary/aromatic N) is 3. The average Bonchev–Trinajstić information content (AvgIpc) is 3.62. The summed E-state index contributed by atoms with van der Waals surface area (Å²) in [7, 11) is 0. The average molecular weight is 636 g/mol. The zero-order chi connectivity index (χ0) is 31.9. The van der Waals surface area contributed by atoms with Crippen LogP contribution in [0.25, 0.3) is 22.2 Å². The van der Waals surface area contributed by atoms with Gasteiger partial charge in [-0.05, 0) is 79.3 Å². The lowest BCUT2D eigenvalue weighted by molar-refractivity contribution is -0.117. The van der Waals surface area contributed by atoms with Crippen LogP contribution in [0.4, 0.5) is 11.4 Å². The number of carboxylic acid groups (broad SMARTS) is 1. The van der Waals surface area contributed by atoms with E-state index in [4.69, 9.17) is 14.2 Å². The molecule has 1 saturated carbocycles. The maximum absolute atomic E-state index is 12.6. The number of fused-ring (bicyclic) bond motifs is 5. The molecule has 3 aromatic carbocycles. The van der Waals surface area contributed by atoms with Crippen molar-refractivity contribution in [3.8, 4) is 22.8 Å². The zero-order valence-corrected chi connectivity index (χ0v) is 26.7. The summed E-state index contributed by atoms with van der Waals surface area (Å²) in [5.41, 5.74) is 7.72. The molecule has 4 heterocycles. The molecule has 2 saturated heterocycles. The maximum Gasteiger partial charge on any atom is 0.335 e. The molecule has 3 aliphatic heterocycles. The van der Waals surface area contributed by atoms with Gasteiger partial charge >= 0.3 is 5.97 Å². The number of anilines is 2. The third-order valence-electron chi connectivity index (χ3n) is 10.3. The van der Waals surface area contributed by atoms with Crippen molar-refractivity contribution in [3.63, 3.8) is 0 Å². The monoisotopic (exact) mass is 635 g/mol. The summed E-state index contributed by atoms with van der Waals surface area (Å²) in [6.07, 6.45) is 7.37. The second-order valence-corrected chi connectivity index (χ2v) is 13.1. The van der Waals surface area contributed by atoms with Gasteiger partial charge in [0.2, 0.25) is 5.91 Å². The van der Waals surface area contributed by atoms with Gasteiger partial charge in [0.05, 0.1) is 31.0 Å². The van der Waals surface area contributed by atoms with Gasteiger partial charge in [-0.3, -0.25) is 4.79 Å². The van der Waals surface area contributed by atoms with E-state index in [2.05, 4.69) is 33.7 Å². The lowest BCUT2D eigenvalue weighted by atomic mass is 9.81. The quantitative estimate of drug-likeness (QED) is 0.234. The van der Waals surface area contributed by atoms with E-state index >= 15 is 0 Å². The molecule has 4 aromatic rings. The summed E-state index contributed by atoms with van der Waals surface area (Å²) in [5.74, 6) is 1.21. The second kappa shape index (κ2) is 12.6. The van der Waals surface area contributed by atoms with Crippen LogP contribution in [0.15, 0.2) is 54.6 Å². The molecular weight excluding hydrogens is 594 g/mol. The molecular formula is C38H41N3O6. The van der Waals surface area contributed by atoms with Crippen LogP contribution < -0.4 is 19.3 Å². The van der Waals surface area contributed by atoms with Crippen LogP contribution in [-0.2, 0) is 22.7 Å². The van der Waals surface area contributed by atoms with Crippen molar-refractivity contribution >= 4 is 34.2 Å². The predicted molar refractivity (Wildman–Crippen MR) is 181 cm³/mol. The minimum atomic E-state index is -0.919. The van der Waals surface area contributed by atoms with Crippen LogP contribution >= 0.6 is 0 Å². The molecule has 1 aliphatic carbocycles. The van der Waals surface area contributed by atoms with Crippen LogP contribution in [0.2, 0.25) is 0 Å². The lowest BCUT2D eigenvalue weighted by Gasteiger charge is -2.31. The lowest BCUT2D eigenvalue weighted by Crippen LogP contribution is -2.37. The molecule has 4 aliphatic rings. The number of carboxylic acids is 1. The van der Waals surface area contributed by atoms with E-state index in [-0.39, 0.29) is 5.91 Å². The zero-order valence-electron chi connectivity index (χ0n) is 26.7. The molecule has 9 nitrogen and oxygen atoms in total. The number of morpholine rings is 1. The van der Waals surface area contributed by atoms with Crippen molar-refractivity contribution in [2.45, 2.75) is 64.0 Å². The Balaban J connectivity index is 1.18. The summed E-state index contributed by atoms with van der Waals surface area (Å²) in [4.78, 5) is 28.8. The number of carbonyl (C=O) groups is 2. The van der Waals surface area contributed by atoms with Crippen LogP contribution in [0, 0.1) is 0 Å². The van der Waals surface area contributed by atoms with E-state index in [1.165, 1.54) is 24.8 Å². The molecule has 8 rings (SSSR count). The molecule has 244 valence electrons. The third kappa shape index (κ3) is 5.60. The minimum Gasteiger partial charge on any atom is -0.491 e. The number of hydrogen-bond donors (Lipinski definition) is 1.